The molecular weight excluding hydrogens is 420 g/mol. The van der Waals surface area contributed by atoms with E-state index in [0.717, 1.165) is 69.1 Å². The van der Waals surface area contributed by atoms with Crippen molar-refractivity contribution in [1.29, 1.82) is 0 Å². The highest BCUT2D eigenvalue weighted by molar-refractivity contribution is 5.69. The Balaban J connectivity index is 2.90. The van der Waals surface area contributed by atoms with Crippen molar-refractivity contribution in [3.05, 3.63) is 23.5 Å². The number of unbranched alkanes of at least 4 members (excludes halogenated alkanes) is 5. The molecule has 6 nitrogen and oxygen atoms in total. The fourth-order valence-corrected chi connectivity index (χ4v) is 4.59. The number of carbonyl (C=O) groups excluding carboxylic acids is 2. The molecule has 0 aromatic carbocycles. The molecule has 0 aromatic rings. The molecule has 0 amide bonds. The zero-order valence-electron chi connectivity index (χ0n) is 21.4. The predicted molar refractivity (Wildman–Crippen MR) is 130 cm³/mol. The van der Waals surface area contributed by atoms with Crippen LogP contribution in [0.25, 0.3) is 0 Å². The van der Waals surface area contributed by atoms with Gasteiger partial charge in [-0.05, 0) is 45.1 Å². The van der Waals surface area contributed by atoms with Crippen LogP contribution >= 0.6 is 0 Å². The van der Waals surface area contributed by atoms with Gasteiger partial charge >= 0.3 is 11.9 Å². The van der Waals surface area contributed by atoms with E-state index in [1.54, 1.807) is 0 Å². The average Bonchev–Trinajstić information content (AvgIpc) is 3.11. The van der Waals surface area contributed by atoms with Gasteiger partial charge in [-0.15, -0.1) is 0 Å². The third-order valence-corrected chi connectivity index (χ3v) is 6.39. The topological polar surface area (TPSA) is 82.1 Å². The summed E-state index contributed by atoms with van der Waals surface area (Å²) in [5.41, 5.74) is 1.15. The van der Waals surface area contributed by atoms with Crippen LogP contribution < -0.4 is 0 Å². The third kappa shape index (κ3) is 11.3. The quantitative estimate of drug-likeness (QED) is 0.164. The van der Waals surface area contributed by atoms with Gasteiger partial charge in [0.15, 0.2) is 0 Å². The van der Waals surface area contributed by atoms with E-state index in [4.69, 9.17) is 14.2 Å². The van der Waals surface area contributed by atoms with Crippen LogP contribution in [0, 0.1) is 11.8 Å². The maximum Gasteiger partial charge on any atom is 0.307 e. The second-order valence-electron chi connectivity index (χ2n) is 9.03. The van der Waals surface area contributed by atoms with Crippen LogP contribution in [0.15, 0.2) is 23.5 Å². The van der Waals surface area contributed by atoms with Crippen LogP contribution in [0.1, 0.15) is 98.3 Å². The number of carbonyl (C=O) groups is 2. The molecule has 0 saturated carbocycles. The summed E-state index contributed by atoms with van der Waals surface area (Å²) in [7, 11) is 1.42. The molecule has 1 rings (SSSR count). The van der Waals surface area contributed by atoms with Gasteiger partial charge in [0, 0.05) is 38.2 Å². The molecule has 190 valence electrons. The van der Waals surface area contributed by atoms with Crippen molar-refractivity contribution < 1.29 is 28.9 Å². The first-order valence-electron chi connectivity index (χ1n) is 12.8. The average molecular weight is 467 g/mol. The van der Waals surface area contributed by atoms with Crippen LogP contribution in [-0.2, 0) is 23.8 Å². The number of aliphatic hydroxyl groups is 1. The van der Waals surface area contributed by atoms with Crippen molar-refractivity contribution in [1.82, 2.24) is 0 Å². The van der Waals surface area contributed by atoms with E-state index in [0.29, 0.717) is 19.4 Å². The minimum absolute atomic E-state index is 0.0185. The Labute approximate surface area is 200 Å². The Hall–Kier alpha value is -1.66. The standard InChI is InChI=1S/C27H46O6/c1-6-8-11-14-22(29)17-18-23-24(15-12-9-10-13-16-27(30)31-5)26(33-21(4)28)19-25(23)20(3)32-7-2/h17-18,20,22-23,25,29H,6-16,19H2,1-5H3/b18-17+/t20?,22-,23-,25-/m1/s1. The smallest absolute Gasteiger partial charge is 0.307 e. The van der Waals surface area contributed by atoms with Gasteiger partial charge < -0.3 is 19.3 Å². The lowest BCUT2D eigenvalue weighted by atomic mass is 9.84. The van der Waals surface area contributed by atoms with Gasteiger partial charge in [-0.25, -0.2) is 0 Å². The Kier molecular flexibility index (Phi) is 15.0. The maximum absolute atomic E-state index is 11.8. The van der Waals surface area contributed by atoms with E-state index in [1.165, 1.54) is 14.0 Å². The first-order chi connectivity index (χ1) is 15.8. The van der Waals surface area contributed by atoms with E-state index >= 15 is 0 Å². The monoisotopic (exact) mass is 466 g/mol. The number of hydrogen-bond donors (Lipinski definition) is 1. The lowest BCUT2D eigenvalue weighted by molar-refractivity contribution is -0.140. The zero-order valence-corrected chi connectivity index (χ0v) is 21.4. The van der Waals surface area contributed by atoms with E-state index in [-0.39, 0.29) is 29.9 Å². The molecule has 1 N–H and O–H groups in total. The number of hydrogen-bond acceptors (Lipinski definition) is 6. The van der Waals surface area contributed by atoms with Crippen LogP contribution in [-0.4, -0.2) is 43.0 Å². The first-order valence-corrected chi connectivity index (χ1v) is 12.8. The number of methoxy groups -OCH3 is 1. The molecule has 0 bridgehead atoms. The highest BCUT2D eigenvalue weighted by Gasteiger charge is 2.38. The van der Waals surface area contributed by atoms with Gasteiger partial charge in [-0.3, -0.25) is 9.59 Å². The maximum atomic E-state index is 11.8. The fourth-order valence-electron chi connectivity index (χ4n) is 4.59. The minimum atomic E-state index is -0.461. The summed E-state index contributed by atoms with van der Waals surface area (Å²) in [6.45, 7) is 8.30. The molecule has 0 fully saturated rings. The summed E-state index contributed by atoms with van der Waals surface area (Å²) in [5, 5.41) is 10.4. The van der Waals surface area contributed by atoms with E-state index in [1.807, 2.05) is 13.0 Å². The van der Waals surface area contributed by atoms with E-state index in [2.05, 4.69) is 19.9 Å². The number of aliphatic hydroxyl groups excluding tert-OH is 1. The second kappa shape index (κ2) is 16.9. The van der Waals surface area contributed by atoms with Crippen LogP contribution in [0.3, 0.4) is 0 Å². The van der Waals surface area contributed by atoms with Gasteiger partial charge in [-0.1, -0.05) is 51.2 Å². The van der Waals surface area contributed by atoms with Gasteiger partial charge in [0.25, 0.3) is 0 Å². The summed E-state index contributed by atoms with van der Waals surface area (Å²) in [6, 6.07) is 0. The molecule has 0 spiro atoms. The molecule has 0 saturated heterocycles. The van der Waals surface area contributed by atoms with Crippen molar-refractivity contribution >= 4 is 11.9 Å². The molecule has 1 unspecified atom stereocenters. The van der Waals surface area contributed by atoms with Gasteiger partial charge in [-0.2, -0.15) is 0 Å². The second-order valence-corrected chi connectivity index (χ2v) is 9.03. The molecule has 0 heterocycles. The predicted octanol–water partition coefficient (Wildman–Crippen LogP) is 5.88. The Bertz CT molecular complexity index is 639. The SMILES string of the molecule is CCCCC[C@@H](O)/C=C/[C@@H]1C(CCCCCCC(=O)OC)=C(OC(C)=O)C[C@@H]1C(C)OCC. The summed E-state index contributed by atoms with van der Waals surface area (Å²) in [6.07, 6.45) is 13.3. The number of rotatable bonds is 17. The van der Waals surface area contributed by atoms with Crippen molar-refractivity contribution in [2.24, 2.45) is 11.8 Å². The first kappa shape index (κ1) is 29.4. The molecule has 1 aliphatic carbocycles. The molecule has 0 radical (unpaired) electrons. The molecule has 6 heteroatoms. The van der Waals surface area contributed by atoms with Crippen molar-refractivity contribution in [3.63, 3.8) is 0 Å². The van der Waals surface area contributed by atoms with Crippen molar-refractivity contribution in [2.45, 2.75) is 111 Å². The lowest BCUT2D eigenvalue weighted by Crippen LogP contribution is -2.25. The summed E-state index contributed by atoms with van der Waals surface area (Å²) >= 11 is 0. The fraction of sp³-hybridized carbons (Fsp3) is 0.778. The van der Waals surface area contributed by atoms with Crippen molar-refractivity contribution in [2.75, 3.05) is 13.7 Å². The normalized spacial score (nSPS) is 20.3. The highest BCUT2D eigenvalue weighted by Crippen LogP contribution is 2.44. The lowest BCUT2D eigenvalue weighted by Gasteiger charge is -2.26. The minimum Gasteiger partial charge on any atom is -0.469 e. The van der Waals surface area contributed by atoms with Crippen molar-refractivity contribution in [3.8, 4) is 0 Å². The Morgan fingerprint density at radius 1 is 1.12 bits per heavy atom. The highest BCUT2D eigenvalue weighted by atomic mass is 16.5. The summed E-state index contributed by atoms with van der Waals surface area (Å²) in [5.74, 6) is 0.557. The van der Waals surface area contributed by atoms with Crippen LogP contribution in [0.2, 0.25) is 0 Å². The van der Waals surface area contributed by atoms with Crippen LogP contribution in [0.5, 0.6) is 0 Å². The van der Waals surface area contributed by atoms with Gasteiger partial charge in [0.05, 0.1) is 19.3 Å². The number of esters is 2. The summed E-state index contributed by atoms with van der Waals surface area (Å²) < 4.78 is 16.3. The third-order valence-electron chi connectivity index (χ3n) is 6.39. The van der Waals surface area contributed by atoms with Crippen LogP contribution in [0.4, 0.5) is 0 Å². The van der Waals surface area contributed by atoms with Gasteiger partial charge in [0.2, 0.25) is 0 Å². The molecule has 0 aromatic heterocycles. The Morgan fingerprint density at radius 2 is 1.85 bits per heavy atom. The van der Waals surface area contributed by atoms with Gasteiger partial charge in [0.1, 0.15) is 5.76 Å². The molecule has 0 aliphatic heterocycles. The number of allylic oxidation sites excluding steroid dienone is 3. The largest absolute Gasteiger partial charge is 0.469 e. The van der Waals surface area contributed by atoms with E-state index < -0.39 is 6.10 Å². The Morgan fingerprint density at radius 3 is 2.48 bits per heavy atom. The molecule has 33 heavy (non-hydrogen) atoms. The molecule has 4 atom stereocenters. The van der Waals surface area contributed by atoms with E-state index in [9.17, 15) is 14.7 Å². The summed E-state index contributed by atoms with van der Waals surface area (Å²) in [4.78, 5) is 23.1. The zero-order chi connectivity index (χ0) is 24.6. The number of ether oxygens (including phenoxy) is 3. The molecule has 1 aliphatic rings. The molecular formula is C27H46O6.